The zero-order valence-corrected chi connectivity index (χ0v) is 19.4. The van der Waals surface area contributed by atoms with E-state index in [9.17, 15) is 0 Å². The lowest BCUT2D eigenvalue weighted by Gasteiger charge is -2.28. The molecule has 2 saturated heterocycles. The molecule has 8 nitrogen and oxygen atoms in total. The molecule has 2 aromatic carbocycles. The molecule has 0 atom stereocenters. The third-order valence-corrected chi connectivity index (χ3v) is 6.10. The summed E-state index contributed by atoms with van der Waals surface area (Å²) in [5.74, 6) is 2.00. The van der Waals surface area contributed by atoms with E-state index in [2.05, 4.69) is 62.2 Å². The van der Waals surface area contributed by atoms with Gasteiger partial charge in [-0.15, -0.1) is 0 Å². The van der Waals surface area contributed by atoms with Crippen LogP contribution in [-0.2, 0) is 16.0 Å². The molecule has 0 saturated carbocycles. The summed E-state index contributed by atoms with van der Waals surface area (Å²) in [4.78, 5) is 18.5. The highest BCUT2D eigenvalue weighted by Crippen LogP contribution is 2.19. The molecule has 3 heterocycles. The first-order valence-corrected chi connectivity index (χ1v) is 12.0. The summed E-state index contributed by atoms with van der Waals surface area (Å²) in [7, 11) is 0. The molecule has 1 aromatic heterocycles. The fourth-order valence-electron chi connectivity index (χ4n) is 4.19. The molecule has 2 aliphatic heterocycles. The van der Waals surface area contributed by atoms with Crippen molar-refractivity contribution in [3.63, 3.8) is 0 Å². The zero-order valence-electron chi connectivity index (χ0n) is 19.4. The normalized spacial score (nSPS) is 17.5. The summed E-state index contributed by atoms with van der Waals surface area (Å²) in [5.41, 5.74) is 1.15. The molecule has 0 spiro atoms. The number of aromatic nitrogens is 2. The van der Waals surface area contributed by atoms with Crippen LogP contribution >= 0.6 is 0 Å². The van der Waals surface area contributed by atoms with Gasteiger partial charge in [0, 0.05) is 38.8 Å². The zero-order chi connectivity index (χ0) is 23.0. The van der Waals surface area contributed by atoms with Crippen molar-refractivity contribution in [1.29, 1.82) is 0 Å². The molecule has 0 N–H and O–H groups in total. The van der Waals surface area contributed by atoms with Gasteiger partial charge in [0.05, 0.1) is 39.2 Å². The van der Waals surface area contributed by atoms with E-state index in [4.69, 9.17) is 19.2 Å². The first-order chi connectivity index (χ1) is 16.8. The fourth-order valence-corrected chi connectivity index (χ4v) is 4.19. The van der Waals surface area contributed by atoms with Crippen LogP contribution in [0.2, 0.25) is 0 Å². The van der Waals surface area contributed by atoms with Crippen LogP contribution in [0.15, 0.2) is 53.5 Å². The van der Waals surface area contributed by atoms with Crippen molar-refractivity contribution in [3.8, 4) is 5.88 Å². The predicted octanol–water partition coefficient (Wildman–Crippen LogP) is 2.80. The molecular formula is C26H31N5O3. The third-order valence-electron chi connectivity index (χ3n) is 6.10. The monoisotopic (exact) mass is 461 g/mol. The Labute approximate surface area is 200 Å². The predicted molar refractivity (Wildman–Crippen MR) is 133 cm³/mol. The number of fused-ring (bicyclic) bond motifs is 1. The summed E-state index contributed by atoms with van der Waals surface area (Å²) in [6, 6.07) is 16.7. The number of ether oxygens (including phenoxy) is 3. The molecule has 0 aliphatic carbocycles. The summed E-state index contributed by atoms with van der Waals surface area (Å²) in [6.45, 7) is 8.46. The van der Waals surface area contributed by atoms with Crippen molar-refractivity contribution < 1.29 is 14.2 Å². The van der Waals surface area contributed by atoms with Crippen molar-refractivity contribution in [2.45, 2.75) is 6.54 Å². The van der Waals surface area contributed by atoms with Crippen molar-refractivity contribution in [3.05, 3.63) is 59.9 Å². The second-order valence-corrected chi connectivity index (χ2v) is 8.48. The van der Waals surface area contributed by atoms with Crippen LogP contribution in [-0.4, -0.2) is 86.8 Å². The molecule has 8 heteroatoms. The molecule has 0 amide bonds. The number of anilines is 1. The van der Waals surface area contributed by atoms with Crippen molar-refractivity contribution in [2.75, 3.05) is 70.7 Å². The number of hydrogen-bond acceptors (Lipinski definition) is 8. The highest BCUT2D eigenvalue weighted by atomic mass is 16.5. The molecule has 0 unspecified atom stereocenters. The highest BCUT2D eigenvalue weighted by Gasteiger charge is 2.16. The smallest absolute Gasteiger partial charge is 0.219 e. The van der Waals surface area contributed by atoms with E-state index in [1.54, 1.807) is 6.21 Å². The number of nitrogens with zero attached hydrogens (tertiary/aromatic N) is 5. The highest BCUT2D eigenvalue weighted by molar-refractivity contribution is 5.83. The van der Waals surface area contributed by atoms with Gasteiger partial charge in [-0.1, -0.05) is 36.4 Å². The van der Waals surface area contributed by atoms with Gasteiger partial charge in [0.25, 0.3) is 0 Å². The van der Waals surface area contributed by atoms with E-state index in [-0.39, 0.29) is 0 Å². The molecule has 0 bridgehead atoms. The number of aliphatic imine (C=N–C) groups is 1. The van der Waals surface area contributed by atoms with Gasteiger partial charge >= 0.3 is 0 Å². The van der Waals surface area contributed by atoms with Crippen LogP contribution in [0.4, 0.5) is 5.82 Å². The summed E-state index contributed by atoms with van der Waals surface area (Å²) in [5, 5.41) is 2.45. The minimum atomic E-state index is 0.561. The molecule has 2 fully saturated rings. The van der Waals surface area contributed by atoms with Gasteiger partial charge in [-0.25, -0.2) is 4.98 Å². The Morgan fingerprint density at radius 3 is 2.47 bits per heavy atom. The Morgan fingerprint density at radius 2 is 1.65 bits per heavy atom. The van der Waals surface area contributed by atoms with E-state index in [1.807, 2.05) is 6.07 Å². The Morgan fingerprint density at radius 1 is 0.882 bits per heavy atom. The van der Waals surface area contributed by atoms with Crippen molar-refractivity contribution in [2.24, 2.45) is 4.99 Å². The van der Waals surface area contributed by atoms with Crippen LogP contribution in [0.5, 0.6) is 5.88 Å². The van der Waals surface area contributed by atoms with E-state index in [0.717, 1.165) is 57.3 Å². The van der Waals surface area contributed by atoms with Crippen LogP contribution < -0.4 is 9.64 Å². The number of benzene rings is 2. The maximum absolute atomic E-state index is 6.04. The largest absolute Gasteiger partial charge is 0.476 e. The van der Waals surface area contributed by atoms with Crippen molar-refractivity contribution in [1.82, 2.24) is 14.9 Å². The van der Waals surface area contributed by atoms with E-state index < -0.39 is 0 Å². The topological polar surface area (TPSA) is 72.3 Å². The average molecular weight is 462 g/mol. The third kappa shape index (κ3) is 6.08. The van der Waals surface area contributed by atoms with E-state index >= 15 is 0 Å². The molecule has 178 valence electrons. The van der Waals surface area contributed by atoms with Crippen LogP contribution in [0.3, 0.4) is 0 Å². The van der Waals surface area contributed by atoms with Gasteiger partial charge in [0.1, 0.15) is 12.4 Å². The van der Waals surface area contributed by atoms with Gasteiger partial charge in [-0.3, -0.25) is 9.89 Å². The first kappa shape index (κ1) is 22.7. The molecule has 0 radical (unpaired) electrons. The van der Waals surface area contributed by atoms with Crippen LogP contribution in [0.1, 0.15) is 11.4 Å². The Balaban J connectivity index is 1.28. The minimum Gasteiger partial charge on any atom is -0.476 e. The quantitative estimate of drug-likeness (QED) is 0.478. The molecule has 34 heavy (non-hydrogen) atoms. The Kier molecular flexibility index (Phi) is 7.60. The van der Waals surface area contributed by atoms with Gasteiger partial charge in [-0.2, -0.15) is 4.98 Å². The fraction of sp³-hybridized carbons (Fsp3) is 0.423. The van der Waals surface area contributed by atoms with E-state index in [0.29, 0.717) is 38.1 Å². The maximum Gasteiger partial charge on any atom is 0.219 e. The standard InChI is InChI=1S/C26H31N5O3/c1-2-4-23-17-21(5-6-22(23)3-1)19-27-20-24-28-25(31-10-14-33-15-11-31)18-26(29-24)34-16-9-30-7-12-32-13-8-30/h1-6,17-18,20H,7-16,19H2. The maximum atomic E-state index is 6.04. The molecule has 5 rings (SSSR count). The minimum absolute atomic E-state index is 0.561. The number of hydrogen-bond donors (Lipinski definition) is 0. The van der Waals surface area contributed by atoms with Gasteiger partial charge in [0.2, 0.25) is 5.88 Å². The second-order valence-electron chi connectivity index (χ2n) is 8.48. The average Bonchev–Trinajstić information content (AvgIpc) is 2.90. The lowest BCUT2D eigenvalue weighted by Crippen LogP contribution is -2.38. The molecule has 3 aromatic rings. The van der Waals surface area contributed by atoms with Gasteiger partial charge in [0.15, 0.2) is 5.82 Å². The van der Waals surface area contributed by atoms with Crippen molar-refractivity contribution >= 4 is 22.8 Å². The van der Waals surface area contributed by atoms with Crippen LogP contribution in [0.25, 0.3) is 10.8 Å². The summed E-state index contributed by atoms with van der Waals surface area (Å²) in [6.07, 6.45) is 1.74. The summed E-state index contributed by atoms with van der Waals surface area (Å²) < 4.78 is 17.0. The second kappa shape index (κ2) is 11.4. The number of rotatable bonds is 8. The van der Waals surface area contributed by atoms with Gasteiger partial charge in [-0.05, 0) is 22.4 Å². The Bertz CT molecular complexity index is 1110. The SMILES string of the molecule is C(=NCc1ccc2ccccc2c1)c1nc(OCCN2CCOCC2)cc(N2CCOCC2)n1. The lowest BCUT2D eigenvalue weighted by molar-refractivity contribution is 0.0320. The number of morpholine rings is 2. The molecular weight excluding hydrogens is 430 g/mol. The van der Waals surface area contributed by atoms with E-state index in [1.165, 1.54) is 10.8 Å². The van der Waals surface area contributed by atoms with Gasteiger partial charge < -0.3 is 19.1 Å². The summed E-state index contributed by atoms with van der Waals surface area (Å²) >= 11 is 0. The first-order valence-electron chi connectivity index (χ1n) is 12.0. The van der Waals surface area contributed by atoms with Crippen LogP contribution in [0, 0.1) is 0 Å². The Hall–Kier alpha value is -3.07. The lowest BCUT2D eigenvalue weighted by atomic mass is 10.1. The molecule has 2 aliphatic rings.